The van der Waals surface area contributed by atoms with Crippen LogP contribution in [0.4, 0.5) is 0 Å². The maximum absolute atomic E-state index is 6.16. The van der Waals surface area contributed by atoms with Gasteiger partial charge in [0.25, 0.3) is 0 Å². The number of pyridine rings is 1. The number of rotatable bonds is 6. The first-order valence-corrected chi connectivity index (χ1v) is 16.5. The van der Waals surface area contributed by atoms with Gasteiger partial charge in [-0.05, 0) is 86.6 Å². The van der Waals surface area contributed by atoms with Crippen molar-refractivity contribution < 1.29 is 4.42 Å². The standard InChI is InChI=1S/C46H30N2O/c1-4-14-32(15-5-1)41-29-38(30-42(47-41)33-16-6-2-7-17-33)35-20-12-21-37(27-35)45-39-22-11-10-13-31(39)23-25-40(45)36-24-26-44-43(28-36)48-46(49-44)34-18-8-3-9-19-34/h1-30H. The predicted molar refractivity (Wildman–Crippen MR) is 202 cm³/mol. The lowest BCUT2D eigenvalue weighted by Gasteiger charge is -2.16. The summed E-state index contributed by atoms with van der Waals surface area (Å²) in [4.78, 5) is 9.99. The second-order valence-electron chi connectivity index (χ2n) is 12.2. The number of hydrogen-bond donors (Lipinski definition) is 0. The summed E-state index contributed by atoms with van der Waals surface area (Å²) >= 11 is 0. The SMILES string of the molecule is c1ccc(-c2cc(-c3cccc(-c4c(-c5ccc6oc(-c7ccccc7)nc6c5)ccc5ccccc45)c3)cc(-c3ccccc3)n2)cc1. The van der Waals surface area contributed by atoms with Gasteiger partial charge in [-0.2, -0.15) is 0 Å². The number of fused-ring (bicyclic) bond motifs is 2. The highest BCUT2D eigenvalue weighted by atomic mass is 16.3. The lowest BCUT2D eigenvalue weighted by atomic mass is 9.88. The highest BCUT2D eigenvalue weighted by molar-refractivity contribution is 6.05. The molecular formula is C46H30N2O. The molecule has 0 N–H and O–H groups in total. The van der Waals surface area contributed by atoms with Crippen molar-refractivity contribution in [1.82, 2.24) is 9.97 Å². The Kier molecular flexibility index (Phi) is 7.14. The Morgan fingerprint density at radius 3 is 1.69 bits per heavy atom. The number of benzene rings is 7. The van der Waals surface area contributed by atoms with Crippen molar-refractivity contribution in [2.45, 2.75) is 0 Å². The first-order valence-electron chi connectivity index (χ1n) is 16.5. The van der Waals surface area contributed by atoms with Crippen molar-refractivity contribution in [3.05, 3.63) is 182 Å². The number of nitrogens with zero attached hydrogens (tertiary/aromatic N) is 2. The summed E-state index contributed by atoms with van der Waals surface area (Å²) in [6, 6.07) is 63.5. The molecule has 0 saturated heterocycles. The summed E-state index contributed by atoms with van der Waals surface area (Å²) in [6.07, 6.45) is 0. The van der Waals surface area contributed by atoms with E-state index in [1.54, 1.807) is 0 Å². The quantitative estimate of drug-likeness (QED) is 0.184. The molecule has 0 bridgehead atoms. The van der Waals surface area contributed by atoms with E-state index in [0.29, 0.717) is 5.89 Å². The second kappa shape index (κ2) is 12.2. The Bertz CT molecular complexity index is 2530. The van der Waals surface area contributed by atoms with E-state index in [-0.39, 0.29) is 0 Å². The monoisotopic (exact) mass is 626 g/mol. The van der Waals surface area contributed by atoms with Crippen LogP contribution < -0.4 is 0 Å². The third kappa shape index (κ3) is 5.48. The molecule has 3 nitrogen and oxygen atoms in total. The fourth-order valence-electron chi connectivity index (χ4n) is 6.69. The molecule has 49 heavy (non-hydrogen) atoms. The zero-order valence-corrected chi connectivity index (χ0v) is 26.6. The van der Waals surface area contributed by atoms with Gasteiger partial charge in [0.15, 0.2) is 5.58 Å². The number of aromatic nitrogens is 2. The Balaban J connectivity index is 1.20. The normalized spacial score (nSPS) is 11.3. The Morgan fingerprint density at radius 1 is 0.367 bits per heavy atom. The smallest absolute Gasteiger partial charge is 0.227 e. The van der Waals surface area contributed by atoms with Crippen molar-refractivity contribution in [1.29, 1.82) is 0 Å². The summed E-state index contributed by atoms with van der Waals surface area (Å²) in [6.45, 7) is 0. The molecule has 0 aliphatic heterocycles. The van der Waals surface area contributed by atoms with Gasteiger partial charge in [0, 0.05) is 16.7 Å². The van der Waals surface area contributed by atoms with Gasteiger partial charge in [0.2, 0.25) is 5.89 Å². The molecule has 0 unspecified atom stereocenters. The number of oxazole rings is 1. The van der Waals surface area contributed by atoms with Gasteiger partial charge < -0.3 is 4.42 Å². The van der Waals surface area contributed by atoms with Gasteiger partial charge in [0.1, 0.15) is 5.52 Å². The van der Waals surface area contributed by atoms with E-state index in [0.717, 1.165) is 67.0 Å². The molecule has 2 aromatic heterocycles. The third-order valence-corrected chi connectivity index (χ3v) is 9.10. The average molecular weight is 627 g/mol. The largest absolute Gasteiger partial charge is 0.436 e. The summed E-state index contributed by atoms with van der Waals surface area (Å²) in [5, 5.41) is 2.40. The molecule has 0 aliphatic rings. The van der Waals surface area contributed by atoms with Crippen LogP contribution in [-0.2, 0) is 0 Å². The van der Waals surface area contributed by atoms with E-state index in [1.165, 1.54) is 16.3 Å². The maximum Gasteiger partial charge on any atom is 0.227 e. The van der Waals surface area contributed by atoms with Gasteiger partial charge in [-0.25, -0.2) is 9.97 Å². The van der Waals surface area contributed by atoms with Crippen LogP contribution in [0.15, 0.2) is 186 Å². The zero-order valence-electron chi connectivity index (χ0n) is 26.6. The maximum atomic E-state index is 6.16. The molecule has 2 heterocycles. The minimum Gasteiger partial charge on any atom is -0.436 e. The van der Waals surface area contributed by atoms with Crippen LogP contribution in [0.1, 0.15) is 0 Å². The molecule has 0 fully saturated rings. The summed E-state index contributed by atoms with van der Waals surface area (Å²) in [7, 11) is 0. The molecule has 7 aromatic carbocycles. The second-order valence-corrected chi connectivity index (χ2v) is 12.2. The van der Waals surface area contributed by atoms with Crippen LogP contribution in [0.25, 0.3) is 89.2 Å². The first-order chi connectivity index (χ1) is 24.3. The van der Waals surface area contributed by atoms with Gasteiger partial charge in [-0.1, -0.05) is 140 Å². The molecule has 9 rings (SSSR count). The molecule has 0 radical (unpaired) electrons. The Labute approximate surface area is 284 Å². The van der Waals surface area contributed by atoms with Crippen LogP contribution in [0.5, 0.6) is 0 Å². The van der Waals surface area contributed by atoms with Crippen molar-refractivity contribution in [3.63, 3.8) is 0 Å². The van der Waals surface area contributed by atoms with E-state index < -0.39 is 0 Å². The van der Waals surface area contributed by atoms with Crippen LogP contribution >= 0.6 is 0 Å². The summed E-state index contributed by atoms with van der Waals surface area (Å²) in [5.74, 6) is 0.626. The minimum absolute atomic E-state index is 0.626. The topological polar surface area (TPSA) is 38.9 Å². The lowest BCUT2D eigenvalue weighted by Crippen LogP contribution is -1.92. The highest BCUT2D eigenvalue weighted by Gasteiger charge is 2.16. The molecule has 0 amide bonds. The van der Waals surface area contributed by atoms with Gasteiger partial charge in [-0.15, -0.1) is 0 Å². The van der Waals surface area contributed by atoms with E-state index >= 15 is 0 Å². The van der Waals surface area contributed by atoms with Crippen molar-refractivity contribution in [2.75, 3.05) is 0 Å². The summed E-state index contributed by atoms with van der Waals surface area (Å²) in [5.41, 5.74) is 13.5. The van der Waals surface area contributed by atoms with Crippen LogP contribution in [-0.4, -0.2) is 9.97 Å². The van der Waals surface area contributed by atoms with Crippen LogP contribution in [0, 0.1) is 0 Å². The zero-order chi connectivity index (χ0) is 32.6. The molecule has 9 aromatic rings. The highest BCUT2D eigenvalue weighted by Crippen LogP contribution is 2.41. The summed E-state index contributed by atoms with van der Waals surface area (Å²) < 4.78 is 6.16. The Hall–Kier alpha value is -6.58. The van der Waals surface area contributed by atoms with Gasteiger partial charge in [0.05, 0.1) is 11.4 Å². The minimum atomic E-state index is 0.626. The fraction of sp³-hybridized carbons (Fsp3) is 0. The van der Waals surface area contributed by atoms with Crippen molar-refractivity contribution in [3.8, 4) is 67.3 Å². The van der Waals surface area contributed by atoms with E-state index in [9.17, 15) is 0 Å². The van der Waals surface area contributed by atoms with Crippen molar-refractivity contribution in [2.24, 2.45) is 0 Å². The van der Waals surface area contributed by atoms with Gasteiger partial charge >= 0.3 is 0 Å². The molecule has 0 saturated carbocycles. The van der Waals surface area contributed by atoms with E-state index in [2.05, 4.69) is 133 Å². The van der Waals surface area contributed by atoms with E-state index in [4.69, 9.17) is 14.4 Å². The third-order valence-electron chi connectivity index (χ3n) is 9.10. The van der Waals surface area contributed by atoms with Gasteiger partial charge in [-0.3, -0.25) is 0 Å². The van der Waals surface area contributed by atoms with Crippen LogP contribution in [0.3, 0.4) is 0 Å². The molecule has 0 atom stereocenters. The first kappa shape index (κ1) is 28.6. The van der Waals surface area contributed by atoms with Crippen LogP contribution in [0.2, 0.25) is 0 Å². The van der Waals surface area contributed by atoms with Crippen molar-refractivity contribution >= 4 is 21.9 Å². The van der Waals surface area contributed by atoms with E-state index in [1.807, 2.05) is 48.5 Å². The predicted octanol–water partition coefficient (Wildman–Crippen LogP) is 12.4. The Morgan fingerprint density at radius 2 is 0.980 bits per heavy atom. The fourth-order valence-corrected chi connectivity index (χ4v) is 6.69. The average Bonchev–Trinajstić information content (AvgIpc) is 3.62. The molecular weight excluding hydrogens is 597 g/mol. The molecule has 230 valence electrons. The number of hydrogen-bond acceptors (Lipinski definition) is 3. The molecule has 3 heteroatoms. The molecule has 0 aliphatic carbocycles. The molecule has 0 spiro atoms. The lowest BCUT2D eigenvalue weighted by molar-refractivity contribution is 0.620.